The van der Waals surface area contributed by atoms with Gasteiger partial charge in [0.25, 0.3) is 14.8 Å². The Kier molecular flexibility index (Phi) is 3.64. The van der Waals surface area contributed by atoms with Gasteiger partial charge in [-0.1, -0.05) is 0 Å². The van der Waals surface area contributed by atoms with Crippen molar-refractivity contribution in [1.82, 2.24) is 10.3 Å². The van der Waals surface area contributed by atoms with Crippen LogP contribution in [0, 0.1) is 45.7 Å². The molecule has 0 aliphatic carbocycles. The second-order valence-electron chi connectivity index (χ2n) is 2.91. The summed E-state index contributed by atoms with van der Waals surface area (Å²) in [6, 6.07) is 0. The Hall–Kier alpha value is -3.86. The van der Waals surface area contributed by atoms with Crippen LogP contribution in [0.5, 0.6) is 0 Å². The molecule has 1 aromatic heterocycles. The molecule has 21 heavy (non-hydrogen) atoms. The molecule has 1 rings (SSSR count). The lowest BCUT2D eigenvalue weighted by Crippen LogP contribution is -2.59. The highest BCUT2D eigenvalue weighted by Gasteiger charge is 2.84. The summed E-state index contributed by atoms with van der Waals surface area (Å²) in [7, 11) is 0. The normalized spacial score (nSPS) is 11.9. The van der Waals surface area contributed by atoms with Crippen molar-refractivity contribution in [1.29, 1.82) is 0 Å². The third-order valence-corrected chi connectivity index (χ3v) is 1.80. The topological polar surface area (TPSA) is 250 Å². The van der Waals surface area contributed by atoms with Gasteiger partial charge < -0.3 is 15.3 Å². The molecule has 0 bridgehead atoms. The van der Waals surface area contributed by atoms with Crippen LogP contribution in [-0.4, -0.2) is 40.8 Å². The van der Waals surface area contributed by atoms with Crippen LogP contribution in [-0.2, 0) is 0 Å². The maximum Gasteiger partial charge on any atom is 0.937 e. The zero-order valence-electron chi connectivity index (χ0n) is 9.16. The lowest BCUT2D eigenvalue weighted by atomic mass is 10.6. The molecule has 0 amide bonds. The van der Waals surface area contributed by atoms with E-state index in [0.717, 1.165) is 0 Å². The first-order valence-corrected chi connectivity index (χ1v) is 4.25. The van der Waals surface area contributed by atoms with Gasteiger partial charge in [-0.2, -0.15) is 0 Å². The molecular weight excluding hydrogens is 308 g/mol. The molecule has 0 radical (unpaired) electrons. The monoisotopic (exact) mass is 308 g/mol. The van der Waals surface area contributed by atoms with E-state index in [1.165, 1.54) is 0 Å². The van der Waals surface area contributed by atoms with Gasteiger partial charge in [0.15, 0.2) is 5.16 Å². The molecule has 1 aromatic rings. The van der Waals surface area contributed by atoms with Crippen LogP contribution in [0.25, 0.3) is 0 Å². The predicted octanol–water partition coefficient (Wildman–Crippen LogP) is -0.987. The van der Waals surface area contributed by atoms with Gasteiger partial charge in [0.1, 0.15) is 4.86 Å². The molecule has 18 nitrogen and oxygen atoms in total. The van der Waals surface area contributed by atoms with Crippen molar-refractivity contribution in [3.63, 3.8) is 0 Å². The van der Waals surface area contributed by atoms with E-state index in [1.54, 1.807) is 0 Å². The fourth-order valence-electron chi connectivity index (χ4n) is 0.920. The highest BCUT2D eigenvalue weighted by molar-refractivity contribution is 5.41. The number of aromatic nitrogens is 2. The molecule has 0 saturated heterocycles. The van der Waals surface area contributed by atoms with E-state index in [-0.39, 0.29) is 0 Å². The van der Waals surface area contributed by atoms with Gasteiger partial charge in [-0.25, -0.2) is 30.3 Å². The Morgan fingerprint density at radius 2 is 1.38 bits per heavy atom. The highest BCUT2D eigenvalue weighted by Crippen LogP contribution is 2.24. The van der Waals surface area contributed by atoms with Crippen molar-refractivity contribution in [3.05, 3.63) is 45.7 Å². The van der Waals surface area contributed by atoms with Gasteiger partial charge in [-0.3, -0.25) is 0 Å². The van der Waals surface area contributed by atoms with Crippen molar-refractivity contribution < 1.29 is 29.2 Å². The quantitative estimate of drug-likeness (QED) is 0.202. The van der Waals surface area contributed by atoms with E-state index in [2.05, 4.69) is 20.1 Å². The summed E-state index contributed by atoms with van der Waals surface area (Å²) in [6.45, 7) is 0. The fraction of sp³-hybridized carbons (Fsp3) is 0.333. The Morgan fingerprint density at radius 1 is 0.905 bits per heavy atom. The second-order valence-corrected chi connectivity index (χ2v) is 2.91. The molecular formula is C3N8O10. The van der Waals surface area contributed by atoms with Gasteiger partial charge in [0, 0.05) is 5.16 Å². The standard InChI is InChI=1S/C3N8O10/c12-7(13)2-1(5-21-6-2)4-8(14)3(9(15)16,10(17)18)11(19)20. The molecule has 0 atom stereocenters. The molecule has 0 spiro atoms. The number of hydroxylamine groups is 1. The van der Waals surface area contributed by atoms with Gasteiger partial charge in [-0.15, -0.1) is 4.63 Å². The number of rotatable bonds is 6. The molecule has 0 aliphatic heterocycles. The Labute approximate surface area is 109 Å². The van der Waals surface area contributed by atoms with E-state index >= 15 is 0 Å². The van der Waals surface area contributed by atoms with E-state index in [0.29, 0.717) is 0 Å². The van der Waals surface area contributed by atoms with Crippen molar-refractivity contribution in [2.75, 3.05) is 0 Å². The molecule has 112 valence electrons. The minimum atomic E-state index is -4.65. The number of azo groups is 1. The first-order chi connectivity index (χ1) is 9.65. The summed E-state index contributed by atoms with van der Waals surface area (Å²) in [5, 5.41) is 61.0. The Bertz CT molecular complexity index is 623. The van der Waals surface area contributed by atoms with Crippen molar-refractivity contribution in [2.24, 2.45) is 5.11 Å². The molecule has 0 saturated carbocycles. The predicted molar refractivity (Wildman–Crippen MR) is 50.4 cm³/mol. The molecule has 0 unspecified atom stereocenters. The van der Waals surface area contributed by atoms with Gasteiger partial charge in [-0.05, 0) is 4.92 Å². The first-order valence-electron chi connectivity index (χ1n) is 4.25. The first kappa shape index (κ1) is 15.2. The van der Waals surface area contributed by atoms with Gasteiger partial charge in [0.05, 0.1) is 5.11 Å². The maximum atomic E-state index is 11.3. The Morgan fingerprint density at radius 3 is 1.76 bits per heavy atom. The lowest BCUT2D eigenvalue weighted by Gasteiger charge is -2.03. The minimum absolute atomic E-state index is 1.30. The largest absolute Gasteiger partial charge is 0.937 e. The van der Waals surface area contributed by atoms with Crippen molar-refractivity contribution in [2.45, 2.75) is 5.91 Å². The molecule has 0 fully saturated rings. The zero-order chi connectivity index (χ0) is 16.4. The third-order valence-electron chi connectivity index (χ3n) is 1.80. The number of nitro groups is 4. The van der Waals surface area contributed by atoms with Crippen LogP contribution in [0.1, 0.15) is 0 Å². The molecule has 0 aliphatic rings. The van der Waals surface area contributed by atoms with Crippen molar-refractivity contribution >= 4 is 11.6 Å². The summed E-state index contributed by atoms with van der Waals surface area (Å²) in [5.74, 6) is -7.31. The average Bonchev–Trinajstić information content (AvgIpc) is 2.75. The fourth-order valence-corrected chi connectivity index (χ4v) is 0.920. The van der Waals surface area contributed by atoms with Crippen LogP contribution in [0.4, 0.5) is 11.6 Å². The van der Waals surface area contributed by atoms with E-state index in [1.807, 2.05) is 0 Å². The summed E-state index contributed by atoms with van der Waals surface area (Å²) in [4.78, 5) is 32.6. The van der Waals surface area contributed by atoms with Gasteiger partial charge in [0.2, 0.25) is 0 Å². The molecule has 18 heteroatoms. The summed E-state index contributed by atoms with van der Waals surface area (Å²) in [6.07, 6.45) is 0. The van der Waals surface area contributed by atoms with E-state index in [9.17, 15) is 45.7 Å². The third kappa shape index (κ3) is 2.22. The number of hydrogen-bond donors (Lipinski definition) is 0. The lowest BCUT2D eigenvalue weighted by molar-refractivity contribution is -1.12. The average molecular weight is 308 g/mol. The summed E-state index contributed by atoms with van der Waals surface area (Å²) >= 11 is 0. The highest BCUT2D eigenvalue weighted by atomic mass is 16.8. The number of hydrogen-bond acceptors (Lipinski definition) is 13. The van der Waals surface area contributed by atoms with Crippen LogP contribution in [0.15, 0.2) is 9.74 Å². The minimum Gasteiger partial charge on any atom is -0.582 e. The molecule has 0 aromatic carbocycles. The SMILES string of the molecule is O=[N+]([O-])c1nonc1N=[N+]([O-])C([N+](=O)[O-])([N+](=O)[O-])[N+](=O)[O-]. The van der Waals surface area contributed by atoms with Crippen LogP contribution < -0.4 is 0 Å². The maximum absolute atomic E-state index is 11.3. The van der Waals surface area contributed by atoms with Crippen molar-refractivity contribution in [3.8, 4) is 0 Å². The molecule has 1 heterocycles. The summed E-state index contributed by atoms with van der Waals surface area (Å²) < 4.78 is 3.79. The Balaban J connectivity index is 3.52. The number of nitrogens with zero attached hydrogens (tertiary/aromatic N) is 8. The molecule has 0 N–H and O–H groups in total. The van der Waals surface area contributed by atoms with Gasteiger partial charge >= 0.3 is 17.5 Å². The summed E-state index contributed by atoms with van der Waals surface area (Å²) in [5.41, 5.74) is 0. The van der Waals surface area contributed by atoms with Crippen LogP contribution in [0.3, 0.4) is 0 Å². The van der Waals surface area contributed by atoms with E-state index in [4.69, 9.17) is 0 Å². The zero-order valence-corrected chi connectivity index (χ0v) is 9.16. The smallest absolute Gasteiger partial charge is 0.582 e. The second kappa shape index (κ2) is 5.02. The van der Waals surface area contributed by atoms with Crippen LogP contribution in [0.2, 0.25) is 0 Å². The van der Waals surface area contributed by atoms with Crippen LogP contribution >= 0.6 is 0 Å². The van der Waals surface area contributed by atoms with E-state index < -0.39 is 42.1 Å².